The molecule has 0 radical (unpaired) electrons. The number of likely N-dealkylation sites (N-methyl/N-ethyl adjacent to an activating group) is 1. The number of hydrogen-bond acceptors (Lipinski definition) is 4. The minimum absolute atomic E-state index is 0.245. The second kappa shape index (κ2) is 6.46. The predicted octanol–water partition coefficient (Wildman–Crippen LogP) is 3.35. The average molecular weight is 319 g/mol. The Hall–Kier alpha value is -1.92. The molecule has 0 aliphatic carbocycles. The third kappa shape index (κ3) is 4.29. The quantitative estimate of drug-likeness (QED) is 0.908. The smallest absolute Gasteiger partial charge is 0.323 e. The zero-order valence-electron chi connectivity index (χ0n) is 13.3. The van der Waals surface area contributed by atoms with Gasteiger partial charge >= 0.3 is 6.03 Å². The molecule has 0 saturated heterocycles. The molecular formula is C16H21N3O2S. The van der Waals surface area contributed by atoms with Gasteiger partial charge in [0.25, 0.3) is 0 Å². The highest BCUT2D eigenvalue weighted by atomic mass is 32.1. The lowest BCUT2D eigenvalue weighted by atomic mass is 10.1. The molecule has 0 saturated carbocycles. The Bertz CT molecular complexity index is 661. The van der Waals surface area contributed by atoms with Crippen LogP contribution in [0.25, 0.3) is 10.4 Å². The Labute approximate surface area is 134 Å². The number of anilines is 1. The van der Waals surface area contributed by atoms with Crippen LogP contribution in [-0.4, -0.2) is 40.2 Å². The van der Waals surface area contributed by atoms with E-state index in [2.05, 4.69) is 10.3 Å². The third-order valence-electron chi connectivity index (χ3n) is 3.10. The number of nitrogens with one attached hydrogen (secondary N) is 1. The molecule has 2 amide bonds. The fraction of sp³-hybridized carbons (Fsp3) is 0.375. The van der Waals surface area contributed by atoms with Crippen LogP contribution in [0.5, 0.6) is 0 Å². The zero-order valence-corrected chi connectivity index (χ0v) is 14.1. The van der Waals surface area contributed by atoms with Crippen LogP contribution in [0, 0.1) is 6.92 Å². The number of carbonyl (C=O) groups is 1. The number of hydrogen-bond donors (Lipinski definition) is 2. The summed E-state index contributed by atoms with van der Waals surface area (Å²) in [5.41, 5.74) is 1.36. The van der Waals surface area contributed by atoms with Crippen molar-refractivity contribution in [3.63, 3.8) is 0 Å². The van der Waals surface area contributed by atoms with Crippen molar-refractivity contribution in [2.45, 2.75) is 26.4 Å². The van der Waals surface area contributed by atoms with E-state index < -0.39 is 5.60 Å². The van der Waals surface area contributed by atoms with Gasteiger partial charge in [0.2, 0.25) is 0 Å². The number of carbonyl (C=O) groups excluding carboxylic acids is 1. The van der Waals surface area contributed by atoms with E-state index in [0.717, 1.165) is 10.4 Å². The summed E-state index contributed by atoms with van der Waals surface area (Å²) in [4.78, 5) is 18.8. The van der Waals surface area contributed by atoms with Crippen molar-refractivity contribution in [1.29, 1.82) is 0 Å². The Kier molecular flexibility index (Phi) is 4.83. The monoisotopic (exact) mass is 319 g/mol. The summed E-state index contributed by atoms with van der Waals surface area (Å²) < 4.78 is 0. The molecule has 22 heavy (non-hydrogen) atoms. The van der Waals surface area contributed by atoms with E-state index in [-0.39, 0.29) is 12.6 Å². The number of thiazole rings is 1. The van der Waals surface area contributed by atoms with E-state index in [0.29, 0.717) is 5.13 Å². The Morgan fingerprint density at radius 1 is 1.41 bits per heavy atom. The first-order valence-corrected chi connectivity index (χ1v) is 7.84. The summed E-state index contributed by atoms with van der Waals surface area (Å²) in [6.07, 6.45) is 1.76. The lowest BCUT2D eigenvalue weighted by Gasteiger charge is -2.25. The van der Waals surface area contributed by atoms with Crippen LogP contribution in [0.4, 0.5) is 9.93 Å². The largest absolute Gasteiger partial charge is 0.389 e. The number of urea groups is 1. The van der Waals surface area contributed by atoms with E-state index in [1.807, 2.05) is 31.2 Å². The molecule has 1 aromatic heterocycles. The first kappa shape index (κ1) is 16.5. The van der Waals surface area contributed by atoms with E-state index in [4.69, 9.17) is 0 Å². The van der Waals surface area contributed by atoms with Crippen LogP contribution in [-0.2, 0) is 0 Å². The maximum Gasteiger partial charge on any atom is 0.323 e. The van der Waals surface area contributed by atoms with Crippen molar-refractivity contribution in [3.05, 3.63) is 36.0 Å². The average Bonchev–Trinajstić information content (AvgIpc) is 2.85. The molecule has 2 aromatic rings. The van der Waals surface area contributed by atoms with Gasteiger partial charge in [-0.1, -0.05) is 35.6 Å². The summed E-state index contributed by atoms with van der Waals surface area (Å²) >= 11 is 1.43. The molecule has 5 nitrogen and oxygen atoms in total. The van der Waals surface area contributed by atoms with E-state index in [9.17, 15) is 9.90 Å². The number of aliphatic hydroxyl groups is 1. The molecule has 0 atom stereocenters. The van der Waals surface area contributed by atoms with E-state index in [1.54, 1.807) is 27.1 Å². The number of aromatic nitrogens is 1. The van der Waals surface area contributed by atoms with Gasteiger partial charge in [0, 0.05) is 13.2 Å². The topological polar surface area (TPSA) is 65.5 Å². The standard InChI is InChI=1S/C16H21N3O2S/c1-11-7-5-6-8-12(11)13-9-17-14(22-13)18-15(20)19(4)10-16(2,3)21/h5-9,21H,10H2,1-4H3,(H,17,18,20). The zero-order chi connectivity index (χ0) is 16.3. The summed E-state index contributed by atoms with van der Waals surface area (Å²) in [5, 5.41) is 13.1. The molecule has 0 bridgehead atoms. The Balaban J connectivity index is 2.07. The number of aryl methyl sites for hydroxylation is 1. The molecule has 0 spiro atoms. The maximum atomic E-state index is 12.1. The molecule has 0 fully saturated rings. The highest BCUT2D eigenvalue weighted by molar-refractivity contribution is 7.19. The Morgan fingerprint density at radius 3 is 2.73 bits per heavy atom. The first-order chi connectivity index (χ1) is 10.3. The second-order valence-corrected chi connectivity index (χ2v) is 6.97. The number of benzene rings is 1. The second-order valence-electron chi connectivity index (χ2n) is 5.94. The summed E-state index contributed by atoms with van der Waals surface area (Å²) in [6, 6.07) is 7.78. The molecule has 2 rings (SSSR count). The summed E-state index contributed by atoms with van der Waals surface area (Å²) in [6.45, 7) is 5.62. The van der Waals surface area contributed by atoms with Gasteiger partial charge < -0.3 is 10.0 Å². The van der Waals surface area contributed by atoms with Crippen molar-refractivity contribution in [2.75, 3.05) is 18.9 Å². The number of nitrogens with zero attached hydrogens (tertiary/aromatic N) is 2. The molecule has 0 aliphatic rings. The molecule has 1 heterocycles. The maximum absolute atomic E-state index is 12.1. The van der Waals surface area contributed by atoms with Crippen LogP contribution in [0.1, 0.15) is 19.4 Å². The van der Waals surface area contributed by atoms with Gasteiger partial charge in [-0.15, -0.1) is 0 Å². The van der Waals surface area contributed by atoms with Crippen molar-refractivity contribution in [2.24, 2.45) is 0 Å². The van der Waals surface area contributed by atoms with Crippen molar-refractivity contribution < 1.29 is 9.90 Å². The normalized spacial score (nSPS) is 11.3. The molecule has 0 unspecified atom stereocenters. The van der Waals surface area contributed by atoms with Gasteiger partial charge in [0.15, 0.2) is 5.13 Å². The van der Waals surface area contributed by atoms with Crippen LogP contribution in [0.15, 0.2) is 30.5 Å². The van der Waals surface area contributed by atoms with Crippen LogP contribution >= 0.6 is 11.3 Å². The van der Waals surface area contributed by atoms with Gasteiger partial charge in [-0.25, -0.2) is 9.78 Å². The summed E-state index contributed by atoms with van der Waals surface area (Å²) in [5.74, 6) is 0. The predicted molar refractivity (Wildman–Crippen MR) is 90.2 cm³/mol. The molecule has 118 valence electrons. The SMILES string of the molecule is Cc1ccccc1-c1cnc(NC(=O)N(C)CC(C)(C)O)s1. The van der Waals surface area contributed by atoms with Crippen molar-refractivity contribution in [1.82, 2.24) is 9.88 Å². The molecule has 1 aromatic carbocycles. The van der Waals surface area contributed by atoms with Gasteiger partial charge in [0.05, 0.1) is 17.0 Å². The van der Waals surface area contributed by atoms with Gasteiger partial charge in [-0.05, 0) is 31.9 Å². The van der Waals surface area contributed by atoms with Crippen molar-refractivity contribution in [3.8, 4) is 10.4 Å². The number of rotatable bonds is 4. The molecule has 0 aliphatic heterocycles. The molecule has 6 heteroatoms. The fourth-order valence-electron chi connectivity index (χ4n) is 2.14. The fourth-order valence-corrected chi connectivity index (χ4v) is 3.04. The first-order valence-electron chi connectivity index (χ1n) is 7.02. The van der Waals surface area contributed by atoms with Gasteiger partial charge in [-0.3, -0.25) is 5.32 Å². The van der Waals surface area contributed by atoms with Crippen molar-refractivity contribution >= 4 is 22.5 Å². The molecular weight excluding hydrogens is 298 g/mol. The van der Waals surface area contributed by atoms with Crippen LogP contribution < -0.4 is 5.32 Å². The highest BCUT2D eigenvalue weighted by Gasteiger charge is 2.20. The van der Waals surface area contributed by atoms with Gasteiger partial charge in [0.1, 0.15) is 0 Å². The lowest BCUT2D eigenvalue weighted by molar-refractivity contribution is 0.0550. The minimum atomic E-state index is -0.929. The van der Waals surface area contributed by atoms with E-state index >= 15 is 0 Å². The van der Waals surface area contributed by atoms with E-state index in [1.165, 1.54) is 21.8 Å². The number of amides is 2. The Morgan fingerprint density at radius 2 is 2.09 bits per heavy atom. The third-order valence-corrected chi connectivity index (χ3v) is 4.05. The van der Waals surface area contributed by atoms with Crippen LogP contribution in [0.2, 0.25) is 0 Å². The highest BCUT2D eigenvalue weighted by Crippen LogP contribution is 2.31. The molecule has 2 N–H and O–H groups in total. The van der Waals surface area contributed by atoms with Crippen LogP contribution in [0.3, 0.4) is 0 Å². The summed E-state index contributed by atoms with van der Waals surface area (Å²) in [7, 11) is 1.64. The lowest BCUT2D eigenvalue weighted by Crippen LogP contribution is -2.41. The van der Waals surface area contributed by atoms with Gasteiger partial charge in [-0.2, -0.15) is 0 Å². The minimum Gasteiger partial charge on any atom is -0.389 e.